The van der Waals surface area contributed by atoms with E-state index in [1.807, 2.05) is 13.0 Å². The van der Waals surface area contributed by atoms with Crippen LogP contribution in [0.5, 0.6) is 0 Å². The van der Waals surface area contributed by atoms with Gasteiger partial charge in [0.25, 0.3) is 0 Å². The SMILES string of the molecule is C=C1CC[C@H]2[C@](C)(CO)[C@H](O)CC[C@]2(C)[C@H]1/C=C/C1=CCOC1=O. The van der Waals surface area contributed by atoms with Gasteiger partial charge in [-0.2, -0.15) is 0 Å². The molecule has 3 aliphatic rings. The van der Waals surface area contributed by atoms with E-state index in [0.29, 0.717) is 18.6 Å². The zero-order chi connectivity index (χ0) is 17.5. The van der Waals surface area contributed by atoms with Crippen LogP contribution in [0, 0.1) is 22.7 Å². The van der Waals surface area contributed by atoms with Crippen LogP contribution in [-0.2, 0) is 9.53 Å². The normalized spacial score (nSPS) is 42.8. The Bertz CT molecular complexity index is 605. The maximum absolute atomic E-state index is 11.7. The highest BCUT2D eigenvalue weighted by Crippen LogP contribution is 2.61. The Labute approximate surface area is 143 Å². The van der Waals surface area contributed by atoms with Crippen molar-refractivity contribution in [1.82, 2.24) is 0 Å². The van der Waals surface area contributed by atoms with Gasteiger partial charge in [0.2, 0.25) is 0 Å². The maximum atomic E-state index is 11.7. The van der Waals surface area contributed by atoms with E-state index < -0.39 is 11.5 Å². The molecule has 0 aromatic rings. The lowest BCUT2D eigenvalue weighted by atomic mass is 9.46. The second-order valence-corrected chi connectivity index (χ2v) is 8.07. The average molecular weight is 332 g/mol. The minimum atomic E-state index is -0.481. The molecule has 4 heteroatoms. The lowest BCUT2D eigenvalue weighted by Crippen LogP contribution is -2.57. The average Bonchev–Trinajstić information content (AvgIpc) is 2.96. The summed E-state index contributed by atoms with van der Waals surface area (Å²) in [6.07, 6.45) is 8.69. The van der Waals surface area contributed by atoms with Crippen LogP contribution in [0.2, 0.25) is 0 Å². The van der Waals surface area contributed by atoms with Gasteiger partial charge in [-0.15, -0.1) is 0 Å². The van der Waals surface area contributed by atoms with Gasteiger partial charge < -0.3 is 14.9 Å². The summed E-state index contributed by atoms with van der Waals surface area (Å²) in [6, 6.07) is 0. The Balaban J connectivity index is 1.92. The molecular weight excluding hydrogens is 304 g/mol. The molecule has 2 aliphatic carbocycles. The predicted molar refractivity (Wildman–Crippen MR) is 92.1 cm³/mol. The molecule has 2 saturated carbocycles. The first-order chi connectivity index (χ1) is 11.3. The standard InChI is InChI=1S/C20H28O4/c1-13-4-7-16-19(2,10-8-17(22)20(16,3)12-21)15(13)6-5-14-9-11-24-18(14)23/h5-6,9,15-17,21-22H,1,4,7-8,10-12H2,2-3H3/b6-5+/t15-,16+,17+,19+,20-/m0/s1. The van der Waals surface area contributed by atoms with E-state index >= 15 is 0 Å². The number of hydrogen-bond acceptors (Lipinski definition) is 4. The molecule has 0 aromatic heterocycles. The van der Waals surface area contributed by atoms with Gasteiger partial charge in [-0.05, 0) is 43.1 Å². The fraction of sp³-hybridized carbons (Fsp3) is 0.650. The van der Waals surface area contributed by atoms with Crippen molar-refractivity contribution in [1.29, 1.82) is 0 Å². The number of fused-ring (bicyclic) bond motifs is 1. The molecule has 0 amide bonds. The van der Waals surface area contributed by atoms with Crippen LogP contribution in [-0.4, -0.2) is 35.5 Å². The highest BCUT2D eigenvalue weighted by Gasteiger charge is 2.57. The summed E-state index contributed by atoms with van der Waals surface area (Å²) in [5.74, 6) is 0.0981. The quantitative estimate of drug-likeness (QED) is 0.616. The first-order valence-corrected chi connectivity index (χ1v) is 8.85. The van der Waals surface area contributed by atoms with Gasteiger partial charge in [0.05, 0.1) is 18.3 Å². The van der Waals surface area contributed by atoms with E-state index in [-0.39, 0.29) is 29.8 Å². The number of esters is 1. The number of allylic oxidation sites excluding steroid dienone is 2. The van der Waals surface area contributed by atoms with Crippen molar-refractivity contribution in [3.63, 3.8) is 0 Å². The van der Waals surface area contributed by atoms with Crippen LogP contribution < -0.4 is 0 Å². The molecule has 0 saturated heterocycles. The van der Waals surface area contributed by atoms with Crippen molar-refractivity contribution in [3.8, 4) is 0 Å². The summed E-state index contributed by atoms with van der Waals surface area (Å²) in [6.45, 7) is 8.87. The monoisotopic (exact) mass is 332 g/mol. The third kappa shape index (κ3) is 2.56. The summed E-state index contributed by atoms with van der Waals surface area (Å²) in [7, 11) is 0. The zero-order valence-electron chi connectivity index (χ0n) is 14.6. The molecule has 4 nitrogen and oxygen atoms in total. The number of aliphatic hydroxyl groups is 2. The van der Waals surface area contributed by atoms with Crippen LogP contribution >= 0.6 is 0 Å². The second kappa shape index (κ2) is 6.16. The maximum Gasteiger partial charge on any atom is 0.338 e. The smallest absolute Gasteiger partial charge is 0.338 e. The molecule has 1 aliphatic heterocycles. The highest BCUT2D eigenvalue weighted by molar-refractivity contribution is 5.93. The number of carbonyl (C=O) groups excluding carboxylic acids is 1. The number of cyclic esters (lactones) is 1. The molecular formula is C20H28O4. The first-order valence-electron chi connectivity index (χ1n) is 8.85. The number of rotatable bonds is 3. The van der Waals surface area contributed by atoms with Gasteiger partial charge >= 0.3 is 5.97 Å². The molecule has 1 heterocycles. The molecule has 132 valence electrons. The Hall–Kier alpha value is -1.39. The van der Waals surface area contributed by atoms with Crippen LogP contribution in [0.3, 0.4) is 0 Å². The molecule has 2 fully saturated rings. The Morgan fingerprint density at radius 3 is 2.79 bits per heavy atom. The third-order valence-corrected chi connectivity index (χ3v) is 6.78. The zero-order valence-corrected chi connectivity index (χ0v) is 14.6. The lowest BCUT2D eigenvalue weighted by Gasteiger charge is -2.59. The molecule has 2 N–H and O–H groups in total. The summed E-state index contributed by atoms with van der Waals surface area (Å²) in [5.41, 5.74) is 1.24. The van der Waals surface area contributed by atoms with E-state index in [4.69, 9.17) is 4.74 Å². The topological polar surface area (TPSA) is 66.8 Å². The summed E-state index contributed by atoms with van der Waals surface area (Å²) >= 11 is 0. The molecule has 24 heavy (non-hydrogen) atoms. The van der Waals surface area contributed by atoms with Crippen molar-refractivity contribution in [2.24, 2.45) is 22.7 Å². The van der Waals surface area contributed by atoms with Gasteiger partial charge in [-0.25, -0.2) is 4.79 Å². The van der Waals surface area contributed by atoms with Crippen molar-refractivity contribution >= 4 is 5.97 Å². The van der Waals surface area contributed by atoms with Crippen molar-refractivity contribution in [2.75, 3.05) is 13.2 Å². The predicted octanol–water partition coefficient (Wildman–Crippen LogP) is 2.77. The number of hydrogen-bond donors (Lipinski definition) is 2. The minimum Gasteiger partial charge on any atom is -0.458 e. The molecule has 0 bridgehead atoms. The van der Waals surface area contributed by atoms with E-state index in [2.05, 4.69) is 19.6 Å². The third-order valence-electron chi connectivity index (χ3n) is 6.78. The molecule has 0 spiro atoms. The number of ether oxygens (including phenoxy) is 1. The Kier molecular flexibility index (Phi) is 4.47. The van der Waals surface area contributed by atoms with Gasteiger partial charge in [0.15, 0.2) is 0 Å². The summed E-state index contributed by atoms with van der Waals surface area (Å²) in [4.78, 5) is 11.7. The number of aliphatic hydroxyl groups excluding tert-OH is 2. The van der Waals surface area contributed by atoms with E-state index in [1.54, 1.807) is 6.08 Å². The number of carbonyl (C=O) groups is 1. The van der Waals surface area contributed by atoms with Crippen molar-refractivity contribution in [3.05, 3.63) is 36.0 Å². The van der Waals surface area contributed by atoms with E-state index in [9.17, 15) is 15.0 Å². The lowest BCUT2D eigenvalue weighted by molar-refractivity contribution is -0.145. The Morgan fingerprint density at radius 2 is 2.17 bits per heavy atom. The molecule has 3 rings (SSSR count). The van der Waals surface area contributed by atoms with E-state index in [0.717, 1.165) is 19.3 Å². The molecule has 5 atom stereocenters. The Morgan fingerprint density at radius 1 is 1.42 bits per heavy atom. The van der Waals surface area contributed by atoms with Gasteiger partial charge in [-0.1, -0.05) is 38.2 Å². The second-order valence-electron chi connectivity index (χ2n) is 8.07. The van der Waals surface area contributed by atoms with E-state index in [1.165, 1.54) is 5.57 Å². The molecule has 0 radical (unpaired) electrons. The fourth-order valence-electron chi connectivity index (χ4n) is 5.20. The molecule has 0 aromatic carbocycles. The van der Waals surface area contributed by atoms with Crippen LogP contribution in [0.4, 0.5) is 0 Å². The highest BCUT2D eigenvalue weighted by atomic mass is 16.5. The van der Waals surface area contributed by atoms with Gasteiger partial charge in [0, 0.05) is 11.3 Å². The minimum absolute atomic E-state index is 0.00515. The largest absolute Gasteiger partial charge is 0.458 e. The fourth-order valence-corrected chi connectivity index (χ4v) is 5.20. The van der Waals surface area contributed by atoms with Crippen molar-refractivity contribution in [2.45, 2.75) is 45.6 Å². The molecule has 0 unspecified atom stereocenters. The van der Waals surface area contributed by atoms with Gasteiger partial charge in [-0.3, -0.25) is 0 Å². The first kappa shape index (κ1) is 17.4. The van der Waals surface area contributed by atoms with Crippen LogP contribution in [0.25, 0.3) is 0 Å². The van der Waals surface area contributed by atoms with Crippen molar-refractivity contribution < 1.29 is 19.7 Å². The van der Waals surface area contributed by atoms with Crippen LogP contribution in [0.15, 0.2) is 36.0 Å². The summed E-state index contributed by atoms with van der Waals surface area (Å²) in [5, 5.41) is 20.5. The van der Waals surface area contributed by atoms with Crippen LogP contribution in [0.1, 0.15) is 39.5 Å². The van der Waals surface area contributed by atoms with Gasteiger partial charge in [0.1, 0.15) is 6.61 Å². The summed E-state index contributed by atoms with van der Waals surface area (Å²) < 4.78 is 4.96.